The predicted octanol–water partition coefficient (Wildman–Crippen LogP) is 1.34. The van der Waals surface area contributed by atoms with Crippen LogP contribution in [-0.4, -0.2) is 24.5 Å². The normalized spacial score (nSPS) is 13.2. The molecule has 0 radical (unpaired) electrons. The predicted molar refractivity (Wildman–Crippen MR) is 57.8 cm³/mol. The lowest BCUT2D eigenvalue weighted by molar-refractivity contribution is -0.118. The number of rotatable bonds is 2. The summed E-state index contributed by atoms with van der Waals surface area (Å²) in [6, 6.07) is 5.56. The van der Waals surface area contributed by atoms with Crippen LogP contribution in [0.15, 0.2) is 18.2 Å². The maximum Gasteiger partial charge on any atom is 0.411 e. The lowest BCUT2D eigenvalue weighted by atomic mass is 10.1. The standard InChI is InChI=1S/C11H12N2O3/c1-16-11(15)12-10-3-2-8-5-13(7-14)6-9(8)4-10/h2-4,7H,5-6H2,1H3,(H,12,15). The Morgan fingerprint density at radius 2 is 2.19 bits per heavy atom. The minimum absolute atomic E-state index is 0.495. The molecule has 0 spiro atoms. The number of amides is 2. The van der Waals surface area contributed by atoms with Gasteiger partial charge in [0, 0.05) is 18.8 Å². The van der Waals surface area contributed by atoms with Gasteiger partial charge in [-0.05, 0) is 23.3 Å². The number of hydrogen-bond acceptors (Lipinski definition) is 3. The molecule has 5 nitrogen and oxygen atoms in total. The molecular formula is C11H12N2O3. The summed E-state index contributed by atoms with van der Waals surface area (Å²) in [5.74, 6) is 0. The van der Waals surface area contributed by atoms with Crippen molar-refractivity contribution in [3.63, 3.8) is 0 Å². The maximum atomic E-state index is 11.0. The van der Waals surface area contributed by atoms with Gasteiger partial charge in [-0.15, -0.1) is 0 Å². The monoisotopic (exact) mass is 220 g/mol. The number of carbonyl (C=O) groups excluding carboxylic acids is 2. The van der Waals surface area contributed by atoms with Crippen molar-refractivity contribution >= 4 is 18.2 Å². The molecule has 1 heterocycles. The van der Waals surface area contributed by atoms with E-state index in [4.69, 9.17) is 0 Å². The van der Waals surface area contributed by atoms with E-state index in [1.807, 2.05) is 12.1 Å². The molecule has 0 saturated heterocycles. The van der Waals surface area contributed by atoms with E-state index >= 15 is 0 Å². The van der Waals surface area contributed by atoms with E-state index in [9.17, 15) is 9.59 Å². The quantitative estimate of drug-likeness (QED) is 0.765. The van der Waals surface area contributed by atoms with Gasteiger partial charge in [0.25, 0.3) is 0 Å². The van der Waals surface area contributed by atoms with E-state index in [-0.39, 0.29) is 0 Å². The van der Waals surface area contributed by atoms with Crippen molar-refractivity contribution in [2.45, 2.75) is 13.1 Å². The first-order valence-electron chi connectivity index (χ1n) is 4.89. The van der Waals surface area contributed by atoms with E-state index < -0.39 is 6.09 Å². The fourth-order valence-electron chi connectivity index (χ4n) is 1.74. The Kier molecular flexibility index (Phi) is 2.76. The highest BCUT2D eigenvalue weighted by molar-refractivity contribution is 5.84. The molecule has 2 rings (SSSR count). The van der Waals surface area contributed by atoms with E-state index in [0.29, 0.717) is 18.8 Å². The average Bonchev–Trinajstić information content (AvgIpc) is 2.71. The van der Waals surface area contributed by atoms with Gasteiger partial charge in [-0.2, -0.15) is 0 Å². The molecule has 0 unspecified atom stereocenters. The molecule has 0 fully saturated rings. The molecule has 0 saturated carbocycles. The van der Waals surface area contributed by atoms with Crippen LogP contribution in [0, 0.1) is 0 Å². The Morgan fingerprint density at radius 3 is 2.88 bits per heavy atom. The third-order valence-corrected chi connectivity index (χ3v) is 2.53. The highest BCUT2D eigenvalue weighted by Gasteiger charge is 2.17. The number of fused-ring (bicyclic) bond motifs is 1. The maximum absolute atomic E-state index is 11.0. The first kappa shape index (κ1) is 10.5. The second-order valence-electron chi connectivity index (χ2n) is 3.61. The van der Waals surface area contributed by atoms with E-state index in [2.05, 4.69) is 10.1 Å². The summed E-state index contributed by atoms with van der Waals surface area (Å²) in [5, 5.41) is 2.59. The van der Waals surface area contributed by atoms with Crippen molar-refractivity contribution in [3.05, 3.63) is 29.3 Å². The van der Waals surface area contributed by atoms with Crippen LogP contribution in [0.3, 0.4) is 0 Å². The fraction of sp³-hybridized carbons (Fsp3) is 0.273. The zero-order valence-corrected chi connectivity index (χ0v) is 8.90. The molecule has 0 aromatic heterocycles. The van der Waals surface area contributed by atoms with E-state index in [0.717, 1.165) is 17.5 Å². The SMILES string of the molecule is COC(=O)Nc1ccc2c(c1)CN(C=O)C2. The van der Waals surface area contributed by atoms with Gasteiger partial charge in [0.15, 0.2) is 0 Å². The van der Waals surface area contributed by atoms with E-state index in [1.165, 1.54) is 7.11 Å². The average molecular weight is 220 g/mol. The van der Waals surface area contributed by atoms with Gasteiger partial charge in [-0.1, -0.05) is 6.07 Å². The Hall–Kier alpha value is -2.04. The number of hydrogen-bond donors (Lipinski definition) is 1. The number of anilines is 1. The van der Waals surface area contributed by atoms with Gasteiger partial charge in [0.1, 0.15) is 0 Å². The summed E-state index contributed by atoms with van der Waals surface area (Å²) in [4.78, 5) is 23.3. The summed E-state index contributed by atoms with van der Waals surface area (Å²) in [7, 11) is 1.32. The van der Waals surface area contributed by atoms with Crippen LogP contribution in [0.4, 0.5) is 10.5 Å². The molecule has 1 N–H and O–H groups in total. The largest absolute Gasteiger partial charge is 0.453 e. The van der Waals surface area contributed by atoms with E-state index in [1.54, 1.807) is 11.0 Å². The zero-order valence-electron chi connectivity index (χ0n) is 8.90. The zero-order chi connectivity index (χ0) is 11.5. The highest BCUT2D eigenvalue weighted by atomic mass is 16.5. The third-order valence-electron chi connectivity index (χ3n) is 2.53. The topological polar surface area (TPSA) is 58.6 Å². The van der Waals surface area contributed by atoms with Crippen molar-refractivity contribution < 1.29 is 14.3 Å². The molecule has 2 amide bonds. The van der Waals surface area contributed by atoms with Gasteiger partial charge in [-0.3, -0.25) is 10.1 Å². The molecule has 0 aliphatic carbocycles. The summed E-state index contributed by atoms with van der Waals surface area (Å²) < 4.78 is 4.50. The second kappa shape index (κ2) is 4.22. The van der Waals surface area contributed by atoms with Crippen molar-refractivity contribution in [2.75, 3.05) is 12.4 Å². The van der Waals surface area contributed by atoms with Crippen LogP contribution in [0.25, 0.3) is 0 Å². The number of ether oxygens (including phenoxy) is 1. The number of nitrogens with one attached hydrogen (secondary N) is 1. The Balaban J connectivity index is 2.15. The Labute approximate surface area is 93.0 Å². The fourth-order valence-corrected chi connectivity index (χ4v) is 1.74. The summed E-state index contributed by atoms with van der Waals surface area (Å²) >= 11 is 0. The first-order chi connectivity index (χ1) is 7.72. The minimum atomic E-state index is -0.495. The van der Waals surface area contributed by atoms with Crippen LogP contribution in [0.2, 0.25) is 0 Å². The smallest absolute Gasteiger partial charge is 0.411 e. The first-order valence-corrected chi connectivity index (χ1v) is 4.89. The minimum Gasteiger partial charge on any atom is -0.453 e. The molecular weight excluding hydrogens is 208 g/mol. The Morgan fingerprint density at radius 1 is 1.44 bits per heavy atom. The van der Waals surface area contributed by atoms with Crippen LogP contribution in [0.5, 0.6) is 0 Å². The molecule has 84 valence electrons. The lowest BCUT2D eigenvalue weighted by Crippen LogP contribution is -2.12. The van der Waals surface area contributed by atoms with Gasteiger partial charge in [0.05, 0.1) is 7.11 Å². The molecule has 16 heavy (non-hydrogen) atoms. The van der Waals surface area contributed by atoms with Crippen LogP contribution >= 0.6 is 0 Å². The van der Waals surface area contributed by atoms with Crippen LogP contribution < -0.4 is 5.32 Å². The molecule has 0 atom stereocenters. The van der Waals surface area contributed by atoms with Crippen LogP contribution in [0.1, 0.15) is 11.1 Å². The lowest BCUT2D eigenvalue weighted by Gasteiger charge is -2.05. The van der Waals surface area contributed by atoms with Gasteiger partial charge in [-0.25, -0.2) is 4.79 Å². The third kappa shape index (κ3) is 1.98. The molecule has 1 aliphatic rings. The number of benzene rings is 1. The van der Waals surface area contributed by atoms with Gasteiger partial charge < -0.3 is 9.64 Å². The highest BCUT2D eigenvalue weighted by Crippen LogP contribution is 2.24. The van der Waals surface area contributed by atoms with Crippen LogP contribution in [-0.2, 0) is 22.6 Å². The van der Waals surface area contributed by atoms with Crippen molar-refractivity contribution in [1.29, 1.82) is 0 Å². The molecule has 1 aromatic rings. The Bertz CT molecular complexity index is 431. The molecule has 1 aliphatic heterocycles. The number of methoxy groups -OCH3 is 1. The van der Waals surface area contributed by atoms with Crippen molar-refractivity contribution in [2.24, 2.45) is 0 Å². The molecule has 0 bridgehead atoms. The molecule has 5 heteroatoms. The summed E-state index contributed by atoms with van der Waals surface area (Å²) in [5.41, 5.74) is 2.85. The summed E-state index contributed by atoms with van der Waals surface area (Å²) in [6.45, 7) is 1.23. The summed E-state index contributed by atoms with van der Waals surface area (Å²) in [6.07, 6.45) is 0.332. The molecule has 1 aromatic carbocycles. The number of nitrogens with zero attached hydrogens (tertiary/aromatic N) is 1. The number of carbonyl (C=O) groups is 2. The second-order valence-corrected chi connectivity index (χ2v) is 3.61. The van der Waals surface area contributed by atoms with Gasteiger partial charge >= 0.3 is 6.09 Å². The van der Waals surface area contributed by atoms with Gasteiger partial charge in [0.2, 0.25) is 6.41 Å². The van der Waals surface area contributed by atoms with Crippen molar-refractivity contribution in [3.8, 4) is 0 Å². The van der Waals surface area contributed by atoms with Crippen molar-refractivity contribution in [1.82, 2.24) is 4.90 Å².